The van der Waals surface area contributed by atoms with Crippen molar-refractivity contribution in [1.29, 1.82) is 0 Å². The van der Waals surface area contributed by atoms with E-state index in [-0.39, 0.29) is 0 Å². The number of halogens is 1. The van der Waals surface area contributed by atoms with E-state index < -0.39 is 24.4 Å². The first-order chi connectivity index (χ1) is 8.64. The van der Waals surface area contributed by atoms with Crippen molar-refractivity contribution in [2.24, 2.45) is 0 Å². The Kier molecular flexibility index (Phi) is 3.73. The van der Waals surface area contributed by atoms with Crippen LogP contribution in [-0.4, -0.2) is 23.4 Å². The molecule has 0 spiro atoms. The van der Waals surface area contributed by atoms with E-state index in [1.807, 2.05) is 33.8 Å². The summed E-state index contributed by atoms with van der Waals surface area (Å²) in [7, 11) is -0.506. The van der Waals surface area contributed by atoms with Crippen molar-refractivity contribution in [2.45, 2.75) is 51.9 Å². The topological polar surface area (TPSA) is 38.7 Å². The summed E-state index contributed by atoms with van der Waals surface area (Å²) < 4.78 is 12.0. The molecule has 104 valence electrons. The first-order valence-electron chi connectivity index (χ1n) is 6.47. The Labute approximate surface area is 120 Å². The van der Waals surface area contributed by atoms with Crippen molar-refractivity contribution in [2.75, 3.05) is 0 Å². The Morgan fingerprint density at radius 1 is 1.16 bits per heavy atom. The van der Waals surface area contributed by atoms with Gasteiger partial charge in [0.05, 0.1) is 17.3 Å². The minimum atomic E-state index is -0.591. The van der Waals surface area contributed by atoms with Crippen LogP contribution in [0.5, 0.6) is 0 Å². The van der Waals surface area contributed by atoms with Crippen molar-refractivity contribution >= 4 is 24.2 Å². The van der Waals surface area contributed by atoms with E-state index in [0.717, 1.165) is 11.0 Å². The fraction of sp³-hybridized carbons (Fsp3) is 0.571. The quantitative estimate of drug-likeness (QED) is 0.848. The second-order valence-electron chi connectivity index (χ2n) is 6.04. The van der Waals surface area contributed by atoms with Crippen LogP contribution >= 0.6 is 11.6 Å². The number of hydrogen-bond acceptors (Lipinski definition) is 3. The molecule has 1 aromatic carbocycles. The van der Waals surface area contributed by atoms with E-state index in [0.29, 0.717) is 5.02 Å². The van der Waals surface area contributed by atoms with Gasteiger partial charge in [-0.25, -0.2) is 0 Å². The lowest BCUT2D eigenvalue weighted by Crippen LogP contribution is -2.41. The molecule has 3 nitrogen and oxygen atoms in total. The lowest BCUT2D eigenvalue weighted by atomic mass is 9.75. The van der Waals surface area contributed by atoms with Gasteiger partial charge in [0.25, 0.3) is 0 Å². The Morgan fingerprint density at radius 3 is 2.16 bits per heavy atom. The van der Waals surface area contributed by atoms with Crippen molar-refractivity contribution in [3.63, 3.8) is 0 Å². The monoisotopic (exact) mass is 282 g/mol. The molecule has 0 radical (unpaired) electrons. The van der Waals surface area contributed by atoms with E-state index in [4.69, 9.17) is 20.9 Å². The standard InChI is InChI=1S/C14H20BClO3/c1-9(17)11-7-6-10(16)8-12(11)15-18-13(2,3)14(4,5)19-15/h6-9,17H,1-5H3. The third kappa shape index (κ3) is 2.68. The molecule has 0 aliphatic carbocycles. The average molecular weight is 283 g/mol. The van der Waals surface area contributed by atoms with Gasteiger partial charge in [0, 0.05) is 5.02 Å². The zero-order valence-electron chi connectivity index (χ0n) is 12.0. The molecule has 1 aliphatic heterocycles. The molecule has 1 fully saturated rings. The van der Waals surface area contributed by atoms with Crippen molar-refractivity contribution < 1.29 is 14.4 Å². The number of aliphatic hydroxyl groups is 1. The molecular formula is C14H20BClO3. The smallest absolute Gasteiger partial charge is 0.399 e. The van der Waals surface area contributed by atoms with Gasteiger partial charge >= 0.3 is 7.12 Å². The molecule has 0 bridgehead atoms. The van der Waals surface area contributed by atoms with Crippen molar-refractivity contribution in [3.8, 4) is 0 Å². The molecule has 0 amide bonds. The van der Waals surface area contributed by atoms with Crippen LogP contribution in [0.2, 0.25) is 5.02 Å². The Morgan fingerprint density at radius 2 is 1.68 bits per heavy atom. The molecular weight excluding hydrogens is 262 g/mol. The van der Waals surface area contributed by atoms with Crippen LogP contribution in [-0.2, 0) is 9.31 Å². The molecule has 1 atom stereocenters. The second kappa shape index (κ2) is 4.78. The maximum Gasteiger partial charge on any atom is 0.495 e. The molecule has 1 aliphatic rings. The van der Waals surface area contributed by atoms with E-state index in [2.05, 4.69) is 0 Å². The molecule has 1 saturated heterocycles. The van der Waals surface area contributed by atoms with E-state index in [1.54, 1.807) is 19.1 Å². The zero-order chi connectivity index (χ0) is 14.4. The first-order valence-corrected chi connectivity index (χ1v) is 6.85. The molecule has 19 heavy (non-hydrogen) atoms. The van der Waals surface area contributed by atoms with Gasteiger partial charge in [-0.15, -0.1) is 0 Å². The average Bonchev–Trinajstić information content (AvgIpc) is 2.47. The summed E-state index contributed by atoms with van der Waals surface area (Å²) in [6.45, 7) is 9.72. The van der Waals surface area contributed by atoms with Crippen LogP contribution in [0.4, 0.5) is 0 Å². The van der Waals surface area contributed by atoms with Gasteiger partial charge in [0.1, 0.15) is 0 Å². The Hall–Kier alpha value is -0.545. The molecule has 5 heteroatoms. The van der Waals surface area contributed by atoms with E-state index in [9.17, 15) is 5.11 Å². The molecule has 1 N–H and O–H groups in total. The first kappa shape index (κ1) is 14.9. The number of rotatable bonds is 2. The highest BCUT2D eigenvalue weighted by molar-refractivity contribution is 6.63. The van der Waals surface area contributed by atoms with Crippen LogP contribution in [0.25, 0.3) is 0 Å². The molecule has 2 rings (SSSR count). The van der Waals surface area contributed by atoms with Gasteiger partial charge in [-0.2, -0.15) is 0 Å². The largest absolute Gasteiger partial charge is 0.495 e. The third-order valence-electron chi connectivity index (χ3n) is 4.01. The summed E-state index contributed by atoms with van der Waals surface area (Å²) in [6, 6.07) is 5.37. The second-order valence-corrected chi connectivity index (χ2v) is 6.47. The summed E-state index contributed by atoms with van der Waals surface area (Å²) >= 11 is 6.05. The van der Waals surface area contributed by atoms with Gasteiger partial charge < -0.3 is 14.4 Å². The van der Waals surface area contributed by atoms with Crippen LogP contribution in [0.1, 0.15) is 46.3 Å². The SMILES string of the molecule is CC(O)c1ccc(Cl)cc1B1OC(C)(C)C(C)(C)O1. The number of benzene rings is 1. The summed E-state index contributed by atoms with van der Waals surface area (Å²) in [4.78, 5) is 0. The Bertz CT molecular complexity index is 470. The summed E-state index contributed by atoms with van der Waals surface area (Å²) in [5.41, 5.74) is 0.760. The molecule has 1 heterocycles. The summed E-state index contributed by atoms with van der Waals surface area (Å²) in [5.74, 6) is 0. The molecule has 0 saturated carbocycles. The summed E-state index contributed by atoms with van der Waals surface area (Å²) in [5, 5.41) is 10.5. The third-order valence-corrected chi connectivity index (χ3v) is 4.24. The van der Waals surface area contributed by atoms with Crippen LogP contribution in [0.15, 0.2) is 18.2 Å². The zero-order valence-corrected chi connectivity index (χ0v) is 12.8. The fourth-order valence-corrected chi connectivity index (χ4v) is 2.28. The molecule has 1 aromatic rings. The van der Waals surface area contributed by atoms with Crippen molar-refractivity contribution in [3.05, 3.63) is 28.8 Å². The predicted octanol–water partition coefficient (Wildman–Crippen LogP) is 2.69. The summed E-state index contributed by atoms with van der Waals surface area (Å²) in [6.07, 6.45) is -0.591. The van der Waals surface area contributed by atoms with Gasteiger partial charge in [0.2, 0.25) is 0 Å². The van der Waals surface area contributed by atoms with Crippen LogP contribution in [0.3, 0.4) is 0 Å². The Balaban J connectivity index is 2.41. The van der Waals surface area contributed by atoms with Gasteiger partial charge in [-0.05, 0) is 57.8 Å². The van der Waals surface area contributed by atoms with Gasteiger partial charge in [-0.3, -0.25) is 0 Å². The fourth-order valence-electron chi connectivity index (χ4n) is 2.10. The highest BCUT2D eigenvalue weighted by Gasteiger charge is 2.52. The van der Waals surface area contributed by atoms with Crippen LogP contribution < -0.4 is 5.46 Å². The number of hydrogen-bond donors (Lipinski definition) is 1. The highest BCUT2D eigenvalue weighted by atomic mass is 35.5. The normalized spacial score (nSPS) is 22.6. The lowest BCUT2D eigenvalue weighted by molar-refractivity contribution is 0.00578. The number of aliphatic hydroxyl groups excluding tert-OH is 1. The maximum atomic E-state index is 9.86. The molecule has 0 aromatic heterocycles. The highest BCUT2D eigenvalue weighted by Crippen LogP contribution is 2.37. The minimum Gasteiger partial charge on any atom is -0.399 e. The maximum absolute atomic E-state index is 9.86. The van der Waals surface area contributed by atoms with Crippen molar-refractivity contribution in [1.82, 2.24) is 0 Å². The lowest BCUT2D eigenvalue weighted by Gasteiger charge is -2.32. The van der Waals surface area contributed by atoms with Gasteiger partial charge in [-0.1, -0.05) is 17.7 Å². The minimum absolute atomic E-state index is 0.407. The van der Waals surface area contributed by atoms with E-state index >= 15 is 0 Å². The van der Waals surface area contributed by atoms with Crippen LogP contribution in [0, 0.1) is 0 Å². The van der Waals surface area contributed by atoms with Gasteiger partial charge in [0.15, 0.2) is 0 Å². The van der Waals surface area contributed by atoms with E-state index in [1.165, 1.54) is 0 Å². The predicted molar refractivity (Wildman–Crippen MR) is 77.8 cm³/mol. The molecule has 1 unspecified atom stereocenters.